The number of ether oxygens (including phenoxy) is 1. The second kappa shape index (κ2) is 8.18. The van der Waals surface area contributed by atoms with Gasteiger partial charge in [0.1, 0.15) is 18.5 Å². The normalized spacial score (nSPS) is 12.0. The number of imidazole rings is 1. The van der Waals surface area contributed by atoms with Crippen LogP contribution in [0.25, 0.3) is 11.0 Å². The first kappa shape index (κ1) is 19.5. The number of aryl methyl sites for hydroxylation is 3. The summed E-state index contributed by atoms with van der Waals surface area (Å²) in [4.78, 5) is 24.0. The molecule has 2 aromatic carbocycles. The van der Waals surface area contributed by atoms with Gasteiger partial charge in [0.25, 0.3) is 0 Å². The van der Waals surface area contributed by atoms with Crippen LogP contribution in [0.1, 0.15) is 5.56 Å². The largest absolute Gasteiger partial charge is 0.491 e. The van der Waals surface area contributed by atoms with E-state index in [1.807, 2.05) is 31.2 Å². The topological polar surface area (TPSA) is 97.5 Å². The van der Waals surface area contributed by atoms with E-state index in [2.05, 4.69) is 10.6 Å². The minimum Gasteiger partial charge on any atom is -0.491 e. The molecule has 1 aromatic heterocycles. The fraction of sp³-hybridized carbons (Fsp3) is 0.300. The van der Waals surface area contributed by atoms with Crippen molar-refractivity contribution in [3.8, 4) is 5.75 Å². The lowest BCUT2D eigenvalue weighted by molar-refractivity contribution is 0.108. The van der Waals surface area contributed by atoms with Crippen LogP contribution in [-0.4, -0.2) is 39.5 Å². The number of nitrogens with zero attached hydrogens (tertiary/aromatic N) is 2. The van der Waals surface area contributed by atoms with E-state index in [0.717, 1.165) is 16.6 Å². The van der Waals surface area contributed by atoms with Gasteiger partial charge in [-0.15, -0.1) is 0 Å². The standard InChI is InChI=1S/C20H24N4O4/c1-13-4-7-16(8-5-13)28-12-15(25)11-21-19(26)22-14-6-9-17-18(10-14)24(3)20(27)23(17)2/h4-10,15,25H,11-12H2,1-3H3,(H2,21,22,26)/t15-/m0/s1. The number of aliphatic hydroxyl groups excluding tert-OH is 1. The zero-order chi connectivity index (χ0) is 20.3. The number of amides is 2. The van der Waals surface area contributed by atoms with Crippen molar-refractivity contribution >= 4 is 22.8 Å². The van der Waals surface area contributed by atoms with Crippen molar-refractivity contribution in [1.82, 2.24) is 14.5 Å². The molecule has 1 atom stereocenters. The number of rotatable bonds is 6. The van der Waals surface area contributed by atoms with Crippen molar-refractivity contribution in [2.75, 3.05) is 18.5 Å². The van der Waals surface area contributed by atoms with Crippen LogP contribution in [0.15, 0.2) is 47.3 Å². The Hall–Kier alpha value is -3.26. The number of benzene rings is 2. The molecule has 0 saturated heterocycles. The quantitative estimate of drug-likeness (QED) is 0.603. The summed E-state index contributed by atoms with van der Waals surface area (Å²) in [5.41, 5.74) is 3.05. The van der Waals surface area contributed by atoms with Crippen LogP contribution < -0.4 is 21.1 Å². The van der Waals surface area contributed by atoms with Gasteiger partial charge in [0, 0.05) is 26.3 Å². The predicted octanol–water partition coefficient (Wildman–Crippen LogP) is 1.75. The highest BCUT2D eigenvalue weighted by Crippen LogP contribution is 2.17. The number of aliphatic hydroxyl groups is 1. The van der Waals surface area contributed by atoms with Crippen molar-refractivity contribution in [1.29, 1.82) is 0 Å². The molecule has 28 heavy (non-hydrogen) atoms. The van der Waals surface area contributed by atoms with Gasteiger partial charge in [0.05, 0.1) is 11.0 Å². The summed E-state index contributed by atoms with van der Waals surface area (Å²) < 4.78 is 8.56. The number of carbonyl (C=O) groups is 1. The van der Waals surface area contributed by atoms with Gasteiger partial charge in [-0.3, -0.25) is 9.13 Å². The number of aromatic nitrogens is 2. The van der Waals surface area contributed by atoms with Gasteiger partial charge in [0.15, 0.2) is 0 Å². The molecule has 0 radical (unpaired) electrons. The smallest absolute Gasteiger partial charge is 0.328 e. The number of urea groups is 1. The zero-order valence-electron chi connectivity index (χ0n) is 16.1. The highest BCUT2D eigenvalue weighted by Gasteiger charge is 2.11. The number of hydrogen-bond donors (Lipinski definition) is 3. The van der Waals surface area contributed by atoms with Crippen molar-refractivity contribution in [3.05, 3.63) is 58.5 Å². The molecule has 0 bridgehead atoms. The number of hydrogen-bond acceptors (Lipinski definition) is 4. The van der Waals surface area contributed by atoms with Gasteiger partial charge in [0.2, 0.25) is 0 Å². The summed E-state index contributed by atoms with van der Waals surface area (Å²) >= 11 is 0. The van der Waals surface area contributed by atoms with Crippen LogP contribution in [0.5, 0.6) is 5.75 Å². The summed E-state index contributed by atoms with van der Waals surface area (Å²) in [5, 5.41) is 15.3. The third-order valence-corrected chi connectivity index (χ3v) is 4.49. The van der Waals surface area contributed by atoms with Gasteiger partial charge in [-0.1, -0.05) is 17.7 Å². The highest BCUT2D eigenvalue weighted by molar-refractivity contribution is 5.92. The number of carbonyl (C=O) groups excluding carboxylic acids is 1. The molecule has 0 unspecified atom stereocenters. The maximum atomic E-state index is 12.1. The SMILES string of the molecule is Cc1ccc(OC[C@@H](O)CNC(=O)Nc2ccc3c(c2)n(C)c(=O)n3C)cc1. The molecule has 0 fully saturated rings. The van der Waals surface area contributed by atoms with Gasteiger partial charge >= 0.3 is 11.7 Å². The molecule has 3 N–H and O–H groups in total. The summed E-state index contributed by atoms with van der Waals surface area (Å²) in [6.45, 7) is 2.10. The predicted molar refractivity (Wildman–Crippen MR) is 108 cm³/mol. The lowest BCUT2D eigenvalue weighted by atomic mass is 10.2. The third kappa shape index (κ3) is 4.34. The van der Waals surface area contributed by atoms with Crippen LogP contribution in [0.2, 0.25) is 0 Å². The van der Waals surface area contributed by atoms with Gasteiger partial charge < -0.3 is 20.5 Å². The Labute approximate surface area is 162 Å². The average molecular weight is 384 g/mol. The second-order valence-corrected chi connectivity index (χ2v) is 6.72. The molecule has 3 rings (SSSR count). The molecule has 0 spiro atoms. The Bertz CT molecular complexity index is 1040. The maximum Gasteiger partial charge on any atom is 0.328 e. The van der Waals surface area contributed by atoms with E-state index in [4.69, 9.17) is 4.74 Å². The van der Waals surface area contributed by atoms with Crippen molar-refractivity contribution in [2.45, 2.75) is 13.0 Å². The molecule has 0 aliphatic rings. The minimum atomic E-state index is -0.843. The highest BCUT2D eigenvalue weighted by atomic mass is 16.5. The summed E-state index contributed by atoms with van der Waals surface area (Å²) in [7, 11) is 3.38. The van der Waals surface area contributed by atoms with E-state index in [9.17, 15) is 14.7 Å². The number of fused-ring (bicyclic) bond motifs is 1. The molecule has 0 aliphatic heterocycles. The Morgan fingerprint density at radius 2 is 1.79 bits per heavy atom. The Balaban J connectivity index is 1.51. The molecule has 3 aromatic rings. The minimum absolute atomic E-state index is 0.0454. The van der Waals surface area contributed by atoms with Gasteiger partial charge in [-0.2, -0.15) is 0 Å². The average Bonchev–Trinajstić information content (AvgIpc) is 2.90. The van der Waals surface area contributed by atoms with E-state index in [0.29, 0.717) is 11.4 Å². The Morgan fingerprint density at radius 1 is 1.11 bits per heavy atom. The first-order valence-electron chi connectivity index (χ1n) is 8.93. The summed E-state index contributed by atoms with van der Waals surface area (Å²) in [5.74, 6) is 0.663. The first-order valence-corrected chi connectivity index (χ1v) is 8.93. The van der Waals surface area contributed by atoms with Crippen molar-refractivity contribution < 1.29 is 14.6 Å². The summed E-state index contributed by atoms with van der Waals surface area (Å²) in [6, 6.07) is 12.3. The lowest BCUT2D eigenvalue weighted by Crippen LogP contribution is -2.37. The van der Waals surface area contributed by atoms with Crippen LogP contribution >= 0.6 is 0 Å². The molecule has 2 amide bonds. The molecule has 0 aliphatic carbocycles. The fourth-order valence-corrected chi connectivity index (χ4v) is 2.86. The number of anilines is 1. The van der Waals surface area contributed by atoms with Crippen LogP contribution in [-0.2, 0) is 14.1 Å². The van der Waals surface area contributed by atoms with E-state index in [1.165, 1.54) is 4.57 Å². The van der Waals surface area contributed by atoms with E-state index < -0.39 is 12.1 Å². The number of nitrogens with one attached hydrogen (secondary N) is 2. The molecular weight excluding hydrogens is 360 g/mol. The molecule has 0 saturated carbocycles. The molecule has 8 nitrogen and oxygen atoms in total. The molecule has 1 heterocycles. The molecule has 8 heteroatoms. The molecule has 148 valence electrons. The van der Waals surface area contributed by atoms with Crippen LogP contribution in [0, 0.1) is 6.92 Å². The molecular formula is C20H24N4O4. The fourth-order valence-electron chi connectivity index (χ4n) is 2.86. The van der Waals surface area contributed by atoms with Crippen LogP contribution in [0.3, 0.4) is 0 Å². The maximum absolute atomic E-state index is 12.1. The first-order chi connectivity index (χ1) is 13.3. The second-order valence-electron chi connectivity index (χ2n) is 6.72. The Morgan fingerprint density at radius 3 is 2.50 bits per heavy atom. The van der Waals surface area contributed by atoms with E-state index in [-0.39, 0.29) is 18.8 Å². The van der Waals surface area contributed by atoms with Crippen LogP contribution in [0.4, 0.5) is 10.5 Å². The van der Waals surface area contributed by atoms with Crippen molar-refractivity contribution in [3.63, 3.8) is 0 Å². The lowest BCUT2D eigenvalue weighted by Gasteiger charge is -2.14. The van der Waals surface area contributed by atoms with Gasteiger partial charge in [-0.05, 0) is 37.3 Å². The third-order valence-electron chi connectivity index (χ3n) is 4.49. The van der Waals surface area contributed by atoms with Gasteiger partial charge in [-0.25, -0.2) is 9.59 Å². The summed E-state index contributed by atoms with van der Waals surface area (Å²) in [6.07, 6.45) is -0.843. The monoisotopic (exact) mass is 384 g/mol. The zero-order valence-corrected chi connectivity index (χ0v) is 16.1. The Kier molecular flexibility index (Phi) is 5.70. The van der Waals surface area contributed by atoms with Crippen molar-refractivity contribution in [2.24, 2.45) is 14.1 Å². The van der Waals surface area contributed by atoms with E-state index in [1.54, 1.807) is 36.9 Å². The van der Waals surface area contributed by atoms with E-state index >= 15 is 0 Å².